The number of hydrogen-bond acceptors (Lipinski definition) is 4. The smallest absolute Gasteiger partial charge is 0.451 e. The van der Waals surface area contributed by atoms with Crippen molar-refractivity contribution in [1.29, 1.82) is 0 Å². The number of carbonyl (C=O) groups is 1. The molecular weight excluding hydrogens is 271 g/mol. The predicted molar refractivity (Wildman–Crippen MR) is 58.2 cm³/mol. The highest BCUT2D eigenvalue weighted by Crippen LogP contribution is 2.31. The zero-order valence-electron chi connectivity index (χ0n) is 9.73. The Bertz CT molecular complexity index is 431. The standard InChI is InChI=1S/C9H12F3N3O2S/c1-5(2)3-15-7(9(10,11)12)13-14-8(15)18-4-6(16)17/h5H,3-4H2,1-2H3,(H,16,17). The molecule has 102 valence electrons. The first-order chi connectivity index (χ1) is 8.21. The van der Waals surface area contributed by atoms with E-state index in [1.807, 2.05) is 0 Å². The summed E-state index contributed by atoms with van der Waals surface area (Å²) in [5.41, 5.74) is 0. The van der Waals surface area contributed by atoms with Crippen LogP contribution in [-0.2, 0) is 17.5 Å². The maximum atomic E-state index is 12.7. The average molecular weight is 283 g/mol. The molecule has 0 spiro atoms. The van der Waals surface area contributed by atoms with Gasteiger partial charge in [0.1, 0.15) is 0 Å². The number of hydrogen-bond donors (Lipinski definition) is 1. The molecule has 0 aliphatic carbocycles. The molecule has 18 heavy (non-hydrogen) atoms. The van der Waals surface area contributed by atoms with Crippen molar-refractivity contribution in [1.82, 2.24) is 14.8 Å². The normalized spacial score (nSPS) is 12.1. The van der Waals surface area contributed by atoms with Crippen LogP contribution in [0.1, 0.15) is 19.7 Å². The number of aromatic nitrogens is 3. The predicted octanol–water partition coefficient (Wildman–Crippen LogP) is 2.13. The lowest BCUT2D eigenvalue weighted by Crippen LogP contribution is -2.18. The summed E-state index contributed by atoms with van der Waals surface area (Å²) < 4.78 is 38.9. The second-order valence-corrected chi connectivity index (χ2v) is 4.93. The van der Waals surface area contributed by atoms with Crippen molar-refractivity contribution >= 4 is 17.7 Å². The van der Waals surface area contributed by atoms with Crippen molar-refractivity contribution in [2.45, 2.75) is 31.7 Å². The molecule has 0 atom stereocenters. The quantitative estimate of drug-likeness (QED) is 0.838. The Labute approximate surface area is 105 Å². The molecule has 0 aliphatic heterocycles. The number of carboxylic acids is 1. The maximum Gasteiger partial charge on any atom is 0.451 e. The van der Waals surface area contributed by atoms with Crippen LogP contribution in [0.4, 0.5) is 13.2 Å². The molecule has 0 bridgehead atoms. The summed E-state index contributed by atoms with van der Waals surface area (Å²) in [6.45, 7) is 3.60. The third kappa shape index (κ3) is 3.90. The molecule has 0 saturated carbocycles. The van der Waals surface area contributed by atoms with Crippen LogP contribution in [0.15, 0.2) is 5.16 Å². The van der Waals surface area contributed by atoms with Crippen molar-refractivity contribution < 1.29 is 23.1 Å². The van der Waals surface area contributed by atoms with Gasteiger partial charge in [-0.1, -0.05) is 25.6 Å². The second kappa shape index (κ2) is 5.59. The zero-order chi connectivity index (χ0) is 13.9. The van der Waals surface area contributed by atoms with E-state index < -0.39 is 18.0 Å². The molecule has 1 aromatic heterocycles. The molecule has 0 saturated heterocycles. The number of rotatable bonds is 5. The number of thioether (sulfide) groups is 1. The number of alkyl halides is 3. The molecule has 0 amide bonds. The van der Waals surface area contributed by atoms with Gasteiger partial charge >= 0.3 is 12.1 Å². The van der Waals surface area contributed by atoms with Gasteiger partial charge < -0.3 is 5.11 Å². The van der Waals surface area contributed by atoms with Gasteiger partial charge in [0.25, 0.3) is 0 Å². The van der Waals surface area contributed by atoms with Gasteiger partial charge in [-0.25, -0.2) is 0 Å². The third-order valence-corrected chi connectivity index (χ3v) is 2.79. The minimum atomic E-state index is -4.59. The fourth-order valence-electron chi connectivity index (χ4n) is 1.26. The molecule has 0 radical (unpaired) electrons. The van der Waals surface area contributed by atoms with E-state index in [2.05, 4.69) is 10.2 Å². The second-order valence-electron chi connectivity index (χ2n) is 3.99. The van der Waals surface area contributed by atoms with Crippen molar-refractivity contribution in [2.75, 3.05) is 5.75 Å². The van der Waals surface area contributed by atoms with E-state index in [1.165, 1.54) is 0 Å². The van der Waals surface area contributed by atoms with Gasteiger partial charge in [0.2, 0.25) is 5.82 Å². The van der Waals surface area contributed by atoms with Gasteiger partial charge in [-0.05, 0) is 5.92 Å². The maximum absolute atomic E-state index is 12.7. The van der Waals surface area contributed by atoms with E-state index in [4.69, 9.17) is 5.11 Å². The molecule has 1 aromatic rings. The van der Waals surface area contributed by atoms with Crippen LogP contribution in [0.3, 0.4) is 0 Å². The van der Waals surface area contributed by atoms with E-state index in [0.29, 0.717) is 0 Å². The van der Waals surface area contributed by atoms with Gasteiger partial charge in [0.15, 0.2) is 5.16 Å². The van der Waals surface area contributed by atoms with Gasteiger partial charge in [-0.15, -0.1) is 10.2 Å². The minimum absolute atomic E-state index is 0.0292. The molecule has 5 nitrogen and oxygen atoms in total. The molecule has 1 heterocycles. The average Bonchev–Trinajstić information content (AvgIpc) is 2.56. The van der Waals surface area contributed by atoms with Crippen LogP contribution in [0, 0.1) is 5.92 Å². The summed E-state index contributed by atoms with van der Waals surface area (Å²) >= 11 is 0.724. The Hall–Kier alpha value is -1.25. The largest absolute Gasteiger partial charge is 0.481 e. The van der Waals surface area contributed by atoms with Crippen molar-refractivity contribution in [3.05, 3.63) is 5.82 Å². The van der Waals surface area contributed by atoms with E-state index in [9.17, 15) is 18.0 Å². The highest BCUT2D eigenvalue weighted by molar-refractivity contribution is 7.99. The minimum Gasteiger partial charge on any atom is -0.481 e. The highest BCUT2D eigenvalue weighted by Gasteiger charge is 2.38. The van der Waals surface area contributed by atoms with Crippen LogP contribution < -0.4 is 0 Å². The number of halogens is 3. The van der Waals surface area contributed by atoms with E-state index in [0.717, 1.165) is 16.3 Å². The fraction of sp³-hybridized carbons (Fsp3) is 0.667. The van der Waals surface area contributed by atoms with Crippen molar-refractivity contribution in [3.63, 3.8) is 0 Å². The molecular formula is C9H12F3N3O2S. The lowest BCUT2D eigenvalue weighted by molar-refractivity contribution is -0.148. The lowest BCUT2D eigenvalue weighted by atomic mass is 10.2. The molecule has 1 rings (SSSR count). The molecule has 0 fully saturated rings. The third-order valence-electron chi connectivity index (χ3n) is 1.84. The number of aliphatic carboxylic acids is 1. The Balaban J connectivity index is 3.03. The van der Waals surface area contributed by atoms with Gasteiger partial charge in [0.05, 0.1) is 5.75 Å². The Kier molecular flexibility index (Phi) is 4.60. The summed E-state index contributed by atoms with van der Waals surface area (Å²) in [6, 6.07) is 0. The molecule has 9 heteroatoms. The Morgan fingerprint density at radius 1 is 1.44 bits per heavy atom. The number of nitrogens with zero attached hydrogens (tertiary/aromatic N) is 3. The summed E-state index contributed by atoms with van der Waals surface area (Å²) in [7, 11) is 0. The van der Waals surface area contributed by atoms with Gasteiger partial charge in [0, 0.05) is 6.54 Å². The van der Waals surface area contributed by atoms with Crippen LogP contribution in [0.2, 0.25) is 0 Å². The van der Waals surface area contributed by atoms with E-state index >= 15 is 0 Å². The SMILES string of the molecule is CC(C)Cn1c(SCC(=O)O)nnc1C(F)(F)F. The van der Waals surface area contributed by atoms with Crippen molar-refractivity contribution in [2.24, 2.45) is 5.92 Å². The molecule has 0 unspecified atom stereocenters. The van der Waals surface area contributed by atoms with Crippen LogP contribution in [-0.4, -0.2) is 31.6 Å². The highest BCUT2D eigenvalue weighted by atomic mass is 32.2. The van der Waals surface area contributed by atoms with Crippen molar-refractivity contribution in [3.8, 4) is 0 Å². The molecule has 0 aliphatic rings. The van der Waals surface area contributed by atoms with Crippen LogP contribution in [0.5, 0.6) is 0 Å². The Morgan fingerprint density at radius 2 is 2.06 bits per heavy atom. The summed E-state index contributed by atoms with van der Waals surface area (Å²) in [5, 5.41) is 15.0. The Morgan fingerprint density at radius 3 is 2.50 bits per heavy atom. The molecule has 0 aromatic carbocycles. The fourth-order valence-corrected chi connectivity index (χ4v) is 1.93. The zero-order valence-corrected chi connectivity index (χ0v) is 10.5. The summed E-state index contributed by atoms with van der Waals surface area (Å²) in [6.07, 6.45) is -4.59. The van der Waals surface area contributed by atoms with Crippen LogP contribution >= 0.6 is 11.8 Å². The molecule has 1 N–H and O–H groups in total. The first kappa shape index (κ1) is 14.8. The van der Waals surface area contributed by atoms with Gasteiger partial charge in [-0.3, -0.25) is 9.36 Å². The summed E-state index contributed by atoms with van der Waals surface area (Å²) in [4.78, 5) is 10.4. The lowest BCUT2D eigenvalue weighted by Gasteiger charge is -2.13. The van der Waals surface area contributed by atoms with E-state index in [1.54, 1.807) is 13.8 Å². The van der Waals surface area contributed by atoms with E-state index in [-0.39, 0.29) is 23.4 Å². The monoisotopic (exact) mass is 283 g/mol. The number of carboxylic acid groups (broad SMARTS) is 1. The van der Waals surface area contributed by atoms with Gasteiger partial charge in [-0.2, -0.15) is 13.2 Å². The first-order valence-corrected chi connectivity index (χ1v) is 6.05. The first-order valence-electron chi connectivity index (χ1n) is 5.06. The topological polar surface area (TPSA) is 68.0 Å². The van der Waals surface area contributed by atoms with Crippen LogP contribution in [0.25, 0.3) is 0 Å². The summed E-state index contributed by atoms with van der Waals surface area (Å²) in [5.74, 6) is -2.60.